The number of carbonyl (C=O) groups excluding carboxylic acids is 1. The van der Waals surface area contributed by atoms with Crippen LogP contribution in [0.25, 0.3) is 10.9 Å². The van der Waals surface area contributed by atoms with Crippen molar-refractivity contribution in [3.05, 3.63) is 70.3 Å². The third-order valence-corrected chi connectivity index (χ3v) is 5.76. The van der Waals surface area contributed by atoms with Crippen molar-refractivity contribution in [3.8, 4) is 5.75 Å². The number of likely N-dealkylation sites (tertiary alicyclic amines) is 1. The molecule has 2 aromatic carbocycles. The summed E-state index contributed by atoms with van der Waals surface area (Å²) in [5.74, 6) is 0.292. The molecule has 3 aromatic rings. The van der Waals surface area contributed by atoms with E-state index in [1.54, 1.807) is 18.1 Å². The number of aromatic amines is 1. The Labute approximate surface area is 185 Å². The Bertz CT molecular complexity index is 1140. The van der Waals surface area contributed by atoms with Crippen molar-refractivity contribution in [2.24, 2.45) is 0 Å². The first-order valence-electron chi connectivity index (χ1n) is 10.8. The van der Waals surface area contributed by atoms with Gasteiger partial charge in [0.15, 0.2) is 0 Å². The lowest BCUT2D eigenvalue weighted by atomic mass is 10.1. The number of anilines is 1. The van der Waals surface area contributed by atoms with Crippen LogP contribution in [0.5, 0.6) is 5.75 Å². The molecule has 0 saturated carbocycles. The summed E-state index contributed by atoms with van der Waals surface area (Å²) in [6.07, 6.45) is 2.32. The zero-order chi connectivity index (χ0) is 22.5. The smallest absolute Gasteiger partial charge is 0.322 e. The Kier molecular flexibility index (Phi) is 6.70. The van der Waals surface area contributed by atoms with Crippen molar-refractivity contribution in [1.29, 1.82) is 0 Å². The highest BCUT2D eigenvalue weighted by Gasteiger charge is 2.19. The van der Waals surface area contributed by atoms with E-state index in [1.165, 1.54) is 24.3 Å². The van der Waals surface area contributed by atoms with E-state index in [0.717, 1.165) is 37.9 Å². The maximum atomic E-state index is 13.2. The number of hydrogen-bond donors (Lipinski definition) is 2. The van der Waals surface area contributed by atoms with Gasteiger partial charge in [-0.25, -0.2) is 9.18 Å². The molecule has 1 saturated heterocycles. The molecule has 1 aromatic heterocycles. The average molecular weight is 439 g/mol. The second kappa shape index (κ2) is 9.82. The number of hydrogen-bond acceptors (Lipinski definition) is 4. The van der Waals surface area contributed by atoms with E-state index in [1.807, 2.05) is 18.2 Å². The van der Waals surface area contributed by atoms with Gasteiger partial charge in [0.05, 0.1) is 19.2 Å². The first-order chi connectivity index (χ1) is 15.5. The van der Waals surface area contributed by atoms with Gasteiger partial charge in [0.2, 0.25) is 0 Å². The molecule has 4 rings (SSSR count). The Morgan fingerprint density at radius 1 is 1.16 bits per heavy atom. The number of nitrogens with zero attached hydrogens (tertiary/aromatic N) is 2. The number of methoxy groups -OCH3 is 1. The first-order valence-corrected chi connectivity index (χ1v) is 10.8. The van der Waals surface area contributed by atoms with Crippen LogP contribution in [0, 0.1) is 5.82 Å². The van der Waals surface area contributed by atoms with E-state index in [0.29, 0.717) is 29.1 Å². The molecule has 0 radical (unpaired) electrons. The number of aromatic nitrogens is 1. The zero-order valence-corrected chi connectivity index (χ0v) is 18.1. The summed E-state index contributed by atoms with van der Waals surface area (Å²) < 4.78 is 18.4. The molecule has 1 fully saturated rings. The van der Waals surface area contributed by atoms with Crippen molar-refractivity contribution >= 4 is 22.6 Å². The maximum Gasteiger partial charge on any atom is 0.322 e. The molecule has 1 aliphatic heterocycles. The van der Waals surface area contributed by atoms with Crippen LogP contribution in [0.3, 0.4) is 0 Å². The molecule has 0 atom stereocenters. The van der Waals surface area contributed by atoms with E-state index < -0.39 is 0 Å². The molecule has 8 heteroatoms. The molecule has 2 amide bonds. The quantitative estimate of drug-likeness (QED) is 0.588. The predicted molar refractivity (Wildman–Crippen MR) is 123 cm³/mol. The number of pyridine rings is 1. The molecule has 0 aliphatic carbocycles. The van der Waals surface area contributed by atoms with E-state index in [4.69, 9.17) is 4.74 Å². The Balaban J connectivity index is 1.55. The fraction of sp³-hybridized carbons (Fsp3) is 0.333. The van der Waals surface area contributed by atoms with Crippen molar-refractivity contribution < 1.29 is 13.9 Å². The fourth-order valence-electron chi connectivity index (χ4n) is 3.93. The monoisotopic (exact) mass is 438 g/mol. The molecule has 32 heavy (non-hydrogen) atoms. The highest BCUT2D eigenvalue weighted by Crippen LogP contribution is 2.19. The third-order valence-electron chi connectivity index (χ3n) is 5.76. The standard InChI is InChI=1S/C24H27FN4O3/c1-32-21-9-4-17-14-18(23(30)27-22(17)15-21)16-29(13-12-28-10-2-3-11-28)24(31)26-20-7-5-19(25)6-8-20/h4-9,14-15H,2-3,10-13,16H2,1H3,(H,26,31)(H,27,30). The van der Waals surface area contributed by atoms with E-state index in [9.17, 15) is 14.0 Å². The van der Waals surface area contributed by atoms with Gasteiger partial charge in [-0.1, -0.05) is 0 Å². The van der Waals surface area contributed by atoms with Crippen LogP contribution in [-0.2, 0) is 6.54 Å². The number of halogens is 1. The summed E-state index contributed by atoms with van der Waals surface area (Å²) in [4.78, 5) is 32.6. The van der Waals surface area contributed by atoms with Crippen LogP contribution in [0.15, 0.2) is 53.3 Å². The molecule has 0 unspecified atom stereocenters. The van der Waals surface area contributed by atoms with Crippen molar-refractivity contribution in [2.75, 3.05) is 38.6 Å². The summed E-state index contributed by atoms with van der Waals surface area (Å²) in [6.45, 7) is 3.42. The summed E-state index contributed by atoms with van der Waals surface area (Å²) in [5.41, 5.74) is 1.43. The minimum atomic E-state index is -0.367. The molecule has 0 bridgehead atoms. The number of nitrogens with one attached hydrogen (secondary N) is 2. The molecule has 2 N–H and O–H groups in total. The van der Waals surface area contributed by atoms with Gasteiger partial charge in [0.1, 0.15) is 11.6 Å². The largest absolute Gasteiger partial charge is 0.497 e. The van der Waals surface area contributed by atoms with Crippen LogP contribution in [-0.4, -0.2) is 54.1 Å². The van der Waals surface area contributed by atoms with Gasteiger partial charge >= 0.3 is 6.03 Å². The number of urea groups is 1. The summed E-state index contributed by atoms with van der Waals surface area (Å²) in [6, 6.07) is 12.6. The minimum absolute atomic E-state index is 0.165. The lowest BCUT2D eigenvalue weighted by Crippen LogP contribution is -2.41. The number of benzene rings is 2. The van der Waals surface area contributed by atoms with Gasteiger partial charge in [-0.05, 0) is 73.8 Å². The lowest BCUT2D eigenvalue weighted by Gasteiger charge is -2.26. The molecule has 168 valence electrons. The Morgan fingerprint density at radius 2 is 1.91 bits per heavy atom. The summed E-state index contributed by atoms with van der Waals surface area (Å²) >= 11 is 0. The molecule has 7 nitrogen and oxygen atoms in total. The highest BCUT2D eigenvalue weighted by atomic mass is 19.1. The summed E-state index contributed by atoms with van der Waals surface area (Å²) in [7, 11) is 1.58. The Hall–Kier alpha value is -3.39. The van der Waals surface area contributed by atoms with Crippen molar-refractivity contribution in [3.63, 3.8) is 0 Å². The number of amides is 2. The van der Waals surface area contributed by atoms with E-state index in [2.05, 4.69) is 15.2 Å². The topological polar surface area (TPSA) is 77.7 Å². The Morgan fingerprint density at radius 3 is 2.62 bits per heavy atom. The van der Waals surface area contributed by atoms with Crippen LogP contribution in [0.2, 0.25) is 0 Å². The maximum absolute atomic E-state index is 13.2. The number of rotatable bonds is 7. The normalized spacial score (nSPS) is 13.9. The second-order valence-electron chi connectivity index (χ2n) is 7.98. The van der Waals surface area contributed by atoms with Gasteiger partial charge in [0, 0.05) is 30.4 Å². The van der Waals surface area contributed by atoms with Crippen LogP contribution >= 0.6 is 0 Å². The SMILES string of the molecule is COc1ccc2cc(CN(CCN3CCCC3)C(=O)Nc3ccc(F)cc3)c(=O)[nH]c2c1. The number of carbonyl (C=O) groups is 1. The molecular formula is C24H27FN4O3. The van der Waals surface area contributed by atoms with Crippen LogP contribution < -0.4 is 15.6 Å². The molecular weight excluding hydrogens is 411 g/mol. The van der Waals surface area contributed by atoms with Crippen molar-refractivity contribution in [1.82, 2.24) is 14.8 Å². The number of ether oxygens (including phenoxy) is 1. The van der Waals surface area contributed by atoms with Gasteiger partial charge in [0.25, 0.3) is 5.56 Å². The van der Waals surface area contributed by atoms with E-state index in [-0.39, 0.29) is 24.0 Å². The summed E-state index contributed by atoms with van der Waals surface area (Å²) in [5, 5.41) is 3.67. The molecule has 2 heterocycles. The van der Waals surface area contributed by atoms with Crippen LogP contribution in [0.4, 0.5) is 14.9 Å². The minimum Gasteiger partial charge on any atom is -0.497 e. The third kappa shape index (κ3) is 5.26. The van der Waals surface area contributed by atoms with Gasteiger partial charge in [-0.15, -0.1) is 0 Å². The van der Waals surface area contributed by atoms with E-state index >= 15 is 0 Å². The van der Waals surface area contributed by atoms with Gasteiger partial charge in [-0.2, -0.15) is 0 Å². The van der Waals surface area contributed by atoms with Crippen LogP contribution in [0.1, 0.15) is 18.4 Å². The average Bonchev–Trinajstić information content (AvgIpc) is 3.31. The molecule has 1 aliphatic rings. The lowest BCUT2D eigenvalue weighted by molar-refractivity contribution is 0.197. The zero-order valence-electron chi connectivity index (χ0n) is 18.1. The van der Waals surface area contributed by atoms with Gasteiger partial charge in [-0.3, -0.25) is 4.79 Å². The van der Waals surface area contributed by atoms with Crippen molar-refractivity contribution in [2.45, 2.75) is 19.4 Å². The highest BCUT2D eigenvalue weighted by molar-refractivity contribution is 5.89. The fourth-order valence-corrected chi connectivity index (χ4v) is 3.93. The predicted octanol–water partition coefficient (Wildman–Crippen LogP) is 3.81. The number of H-pyrrole nitrogens is 1. The number of fused-ring (bicyclic) bond motifs is 1. The molecule has 0 spiro atoms. The van der Waals surface area contributed by atoms with Gasteiger partial charge < -0.3 is 24.8 Å². The second-order valence-corrected chi connectivity index (χ2v) is 7.98. The first kappa shape index (κ1) is 21.8.